The van der Waals surface area contributed by atoms with Gasteiger partial charge in [-0.15, -0.1) is 24.0 Å². The van der Waals surface area contributed by atoms with Gasteiger partial charge in [0.25, 0.3) is 0 Å². The lowest BCUT2D eigenvalue weighted by molar-refractivity contribution is 0.547. The van der Waals surface area contributed by atoms with Crippen molar-refractivity contribution in [2.45, 2.75) is 72.8 Å². The van der Waals surface area contributed by atoms with Gasteiger partial charge in [0.15, 0.2) is 5.96 Å². The molecule has 0 aromatic carbocycles. The molecule has 1 aromatic rings. The third-order valence-corrected chi connectivity index (χ3v) is 4.26. The molecule has 24 heavy (non-hydrogen) atoms. The number of hydrogen-bond acceptors (Lipinski definition) is 2. The first-order valence-electron chi connectivity index (χ1n) is 9.03. The van der Waals surface area contributed by atoms with Crippen LogP contribution in [0.4, 0.5) is 0 Å². The van der Waals surface area contributed by atoms with Gasteiger partial charge in [-0.05, 0) is 46.1 Å². The molecule has 1 heterocycles. The molecular weight excluding hydrogens is 413 g/mol. The Kier molecular flexibility index (Phi) is 12.1. The Morgan fingerprint density at radius 2 is 1.96 bits per heavy atom. The summed E-state index contributed by atoms with van der Waals surface area (Å²) in [5, 5.41) is 11.3. The molecule has 1 aromatic heterocycles. The molecule has 0 saturated carbocycles. The number of hydrogen-bond donors (Lipinski definition) is 2. The van der Waals surface area contributed by atoms with E-state index in [0.29, 0.717) is 6.04 Å². The summed E-state index contributed by atoms with van der Waals surface area (Å²) in [4.78, 5) is 4.73. The van der Waals surface area contributed by atoms with Crippen LogP contribution in [0, 0.1) is 13.8 Å². The number of aliphatic imine (C=N–C) groups is 1. The number of aromatic nitrogens is 2. The minimum Gasteiger partial charge on any atom is -0.357 e. The zero-order valence-corrected chi connectivity index (χ0v) is 18.6. The predicted octanol–water partition coefficient (Wildman–Crippen LogP) is 3.72. The lowest BCUT2D eigenvalue weighted by Gasteiger charge is -2.17. The van der Waals surface area contributed by atoms with E-state index in [1.807, 2.05) is 11.7 Å². The fourth-order valence-corrected chi connectivity index (χ4v) is 2.78. The summed E-state index contributed by atoms with van der Waals surface area (Å²) in [6, 6.07) is 0.459. The Morgan fingerprint density at radius 1 is 1.25 bits per heavy atom. The highest BCUT2D eigenvalue weighted by molar-refractivity contribution is 14.0. The molecule has 1 rings (SSSR count). The van der Waals surface area contributed by atoms with Gasteiger partial charge in [0.05, 0.1) is 5.69 Å². The summed E-state index contributed by atoms with van der Waals surface area (Å²) in [7, 11) is 2.00. The number of nitrogens with one attached hydrogen (secondary N) is 2. The number of rotatable bonds is 9. The van der Waals surface area contributed by atoms with Crippen molar-refractivity contribution in [3.8, 4) is 0 Å². The van der Waals surface area contributed by atoms with Crippen LogP contribution in [0.2, 0.25) is 0 Å². The van der Waals surface area contributed by atoms with E-state index in [0.717, 1.165) is 31.2 Å². The zero-order valence-electron chi connectivity index (χ0n) is 16.3. The van der Waals surface area contributed by atoms with Crippen LogP contribution in [0.25, 0.3) is 0 Å². The summed E-state index contributed by atoms with van der Waals surface area (Å²) >= 11 is 0. The molecule has 140 valence electrons. The molecule has 0 spiro atoms. The first-order chi connectivity index (χ1) is 11.0. The monoisotopic (exact) mass is 449 g/mol. The highest BCUT2D eigenvalue weighted by atomic mass is 127. The standard InChI is InChI=1S/C18H35N5.HI/c1-7-9-10-11-14(3)21-18(19-8-2)20-13-12-17-15(4)22-23(6)16(17)5;/h14H,7-13H2,1-6H3,(H2,19,20,21);1H. The van der Waals surface area contributed by atoms with Crippen molar-refractivity contribution in [2.24, 2.45) is 12.0 Å². The predicted molar refractivity (Wildman–Crippen MR) is 115 cm³/mol. The van der Waals surface area contributed by atoms with Gasteiger partial charge in [-0.3, -0.25) is 9.67 Å². The Bertz CT molecular complexity index is 496. The maximum absolute atomic E-state index is 4.73. The van der Waals surface area contributed by atoms with Gasteiger partial charge in [-0.25, -0.2) is 0 Å². The minimum absolute atomic E-state index is 0. The van der Waals surface area contributed by atoms with Gasteiger partial charge in [-0.2, -0.15) is 5.10 Å². The summed E-state index contributed by atoms with van der Waals surface area (Å²) in [6.45, 7) is 12.4. The van der Waals surface area contributed by atoms with Crippen molar-refractivity contribution >= 4 is 29.9 Å². The van der Waals surface area contributed by atoms with Crippen LogP contribution < -0.4 is 10.6 Å². The summed E-state index contributed by atoms with van der Waals surface area (Å²) in [5.74, 6) is 0.927. The summed E-state index contributed by atoms with van der Waals surface area (Å²) in [6.07, 6.45) is 5.98. The van der Waals surface area contributed by atoms with Gasteiger partial charge in [0.2, 0.25) is 0 Å². The first-order valence-corrected chi connectivity index (χ1v) is 9.03. The Balaban J connectivity index is 0.00000529. The quantitative estimate of drug-likeness (QED) is 0.262. The fraction of sp³-hybridized carbons (Fsp3) is 0.778. The summed E-state index contributed by atoms with van der Waals surface area (Å²) in [5.41, 5.74) is 3.68. The van der Waals surface area contributed by atoms with Crippen LogP contribution in [0.3, 0.4) is 0 Å². The van der Waals surface area contributed by atoms with Crippen molar-refractivity contribution < 1.29 is 0 Å². The van der Waals surface area contributed by atoms with Crippen LogP contribution in [0.5, 0.6) is 0 Å². The van der Waals surface area contributed by atoms with Gasteiger partial charge in [0.1, 0.15) is 0 Å². The Hall–Kier alpha value is -0.790. The Labute approximate surface area is 165 Å². The van der Waals surface area contributed by atoms with E-state index in [4.69, 9.17) is 4.99 Å². The van der Waals surface area contributed by atoms with E-state index in [1.54, 1.807) is 0 Å². The maximum atomic E-state index is 4.73. The molecule has 0 bridgehead atoms. The first kappa shape index (κ1) is 23.2. The SMILES string of the molecule is CCCCCC(C)NC(=NCCc1c(C)nn(C)c1C)NCC.I. The number of guanidine groups is 1. The van der Waals surface area contributed by atoms with Gasteiger partial charge in [0, 0.05) is 31.9 Å². The lowest BCUT2D eigenvalue weighted by atomic mass is 10.1. The van der Waals surface area contributed by atoms with Crippen LogP contribution in [0.1, 0.15) is 63.4 Å². The average molecular weight is 449 g/mol. The van der Waals surface area contributed by atoms with E-state index in [9.17, 15) is 0 Å². The van der Waals surface area contributed by atoms with E-state index >= 15 is 0 Å². The second-order valence-corrected chi connectivity index (χ2v) is 6.32. The molecule has 0 amide bonds. The molecule has 2 N–H and O–H groups in total. The van der Waals surface area contributed by atoms with Crippen molar-refractivity contribution in [1.82, 2.24) is 20.4 Å². The molecular formula is C18H36IN5. The highest BCUT2D eigenvalue weighted by Gasteiger charge is 2.09. The van der Waals surface area contributed by atoms with Crippen molar-refractivity contribution in [3.63, 3.8) is 0 Å². The molecule has 0 saturated heterocycles. The van der Waals surface area contributed by atoms with Gasteiger partial charge >= 0.3 is 0 Å². The minimum atomic E-state index is 0. The molecule has 1 unspecified atom stereocenters. The van der Waals surface area contributed by atoms with Gasteiger partial charge < -0.3 is 10.6 Å². The topological polar surface area (TPSA) is 54.2 Å². The third-order valence-electron chi connectivity index (χ3n) is 4.26. The molecule has 0 aliphatic heterocycles. The smallest absolute Gasteiger partial charge is 0.191 e. The normalized spacial score (nSPS) is 12.7. The number of aryl methyl sites for hydroxylation is 2. The zero-order chi connectivity index (χ0) is 17.2. The fourth-order valence-electron chi connectivity index (χ4n) is 2.78. The molecule has 0 aliphatic rings. The van der Waals surface area contributed by atoms with Crippen molar-refractivity contribution in [3.05, 3.63) is 17.0 Å². The second kappa shape index (κ2) is 12.6. The van der Waals surface area contributed by atoms with Crippen LogP contribution in [0.15, 0.2) is 4.99 Å². The number of halogens is 1. The number of unbranched alkanes of at least 4 members (excludes halogenated alkanes) is 2. The maximum Gasteiger partial charge on any atom is 0.191 e. The van der Waals surface area contributed by atoms with E-state index in [-0.39, 0.29) is 24.0 Å². The van der Waals surface area contributed by atoms with E-state index in [1.165, 1.54) is 36.9 Å². The molecule has 6 heteroatoms. The molecule has 0 radical (unpaired) electrons. The van der Waals surface area contributed by atoms with Crippen LogP contribution in [-0.4, -0.2) is 34.9 Å². The molecule has 5 nitrogen and oxygen atoms in total. The molecule has 0 fully saturated rings. The van der Waals surface area contributed by atoms with Crippen molar-refractivity contribution in [1.29, 1.82) is 0 Å². The summed E-state index contributed by atoms with van der Waals surface area (Å²) < 4.78 is 1.95. The number of nitrogens with zero attached hydrogens (tertiary/aromatic N) is 3. The van der Waals surface area contributed by atoms with Crippen LogP contribution in [-0.2, 0) is 13.5 Å². The second-order valence-electron chi connectivity index (χ2n) is 6.32. The van der Waals surface area contributed by atoms with E-state index < -0.39 is 0 Å². The van der Waals surface area contributed by atoms with Crippen molar-refractivity contribution in [2.75, 3.05) is 13.1 Å². The lowest BCUT2D eigenvalue weighted by Crippen LogP contribution is -2.42. The Morgan fingerprint density at radius 3 is 2.50 bits per heavy atom. The van der Waals surface area contributed by atoms with Gasteiger partial charge in [-0.1, -0.05) is 26.2 Å². The third kappa shape index (κ3) is 7.85. The largest absolute Gasteiger partial charge is 0.357 e. The highest BCUT2D eigenvalue weighted by Crippen LogP contribution is 2.12. The average Bonchev–Trinajstić information content (AvgIpc) is 2.74. The molecule has 1 atom stereocenters. The van der Waals surface area contributed by atoms with Crippen LogP contribution >= 0.6 is 24.0 Å². The van der Waals surface area contributed by atoms with E-state index in [2.05, 4.69) is 50.4 Å². The molecule has 0 aliphatic carbocycles.